The van der Waals surface area contributed by atoms with Crippen LogP contribution in [0, 0.1) is 19.8 Å². The van der Waals surface area contributed by atoms with Gasteiger partial charge in [-0.25, -0.2) is 9.97 Å². The Morgan fingerprint density at radius 2 is 1.84 bits per heavy atom. The molecule has 3 heterocycles. The van der Waals surface area contributed by atoms with Crippen molar-refractivity contribution in [3.8, 4) is 0 Å². The lowest BCUT2D eigenvalue weighted by molar-refractivity contribution is -0.146. The number of carbonyl (C=O) groups is 2. The molecule has 1 aromatic rings. The van der Waals surface area contributed by atoms with Crippen LogP contribution in [-0.2, 0) is 14.3 Å². The molecule has 7 nitrogen and oxygen atoms in total. The largest absolute Gasteiger partial charge is 0.368 e. The molecule has 0 aliphatic carbocycles. The van der Waals surface area contributed by atoms with Crippen molar-refractivity contribution < 1.29 is 14.3 Å². The van der Waals surface area contributed by atoms with Crippen molar-refractivity contribution in [1.29, 1.82) is 0 Å². The van der Waals surface area contributed by atoms with E-state index in [9.17, 15) is 9.59 Å². The Morgan fingerprint density at radius 1 is 1.12 bits per heavy atom. The molecule has 0 saturated carbocycles. The summed E-state index contributed by atoms with van der Waals surface area (Å²) in [6.07, 6.45) is 1.29. The number of piperidine rings is 1. The Labute approximate surface area is 148 Å². The average Bonchev–Trinajstić information content (AvgIpc) is 2.60. The molecule has 2 amide bonds. The zero-order valence-corrected chi connectivity index (χ0v) is 15.2. The van der Waals surface area contributed by atoms with Gasteiger partial charge in [0, 0.05) is 38.2 Å². The Kier molecular flexibility index (Phi) is 5.32. The maximum atomic E-state index is 12.9. The molecule has 2 aliphatic heterocycles. The summed E-state index contributed by atoms with van der Waals surface area (Å²) in [5, 5.41) is 0. The highest BCUT2D eigenvalue weighted by molar-refractivity contribution is 5.80. The van der Waals surface area contributed by atoms with Crippen LogP contribution in [0.15, 0.2) is 6.07 Å². The summed E-state index contributed by atoms with van der Waals surface area (Å²) in [5.41, 5.74) is 1.75. The first-order chi connectivity index (χ1) is 11.9. The van der Waals surface area contributed by atoms with E-state index in [1.165, 1.54) is 0 Å². The van der Waals surface area contributed by atoms with Crippen molar-refractivity contribution in [3.05, 3.63) is 23.3 Å². The van der Waals surface area contributed by atoms with E-state index in [-0.39, 0.29) is 23.8 Å². The lowest BCUT2D eigenvalue weighted by Crippen LogP contribution is -2.48. The zero-order chi connectivity index (χ0) is 18.0. The van der Waals surface area contributed by atoms with Gasteiger partial charge in [-0.3, -0.25) is 9.59 Å². The van der Waals surface area contributed by atoms with Crippen molar-refractivity contribution in [3.63, 3.8) is 0 Å². The highest BCUT2D eigenvalue weighted by Crippen LogP contribution is 2.25. The highest BCUT2D eigenvalue weighted by Gasteiger charge is 2.33. The number of hydrogen-bond donors (Lipinski definition) is 0. The van der Waals surface area contributed by atoms with Gasteiger partial charge in [0.1, 0.15) is 11.9 Å². The van der Waals surface area contributed by atoms with Crippen LogP contribution in [0.25, 0.3) is 0 Å². The summed E-state index contributed by atoms with van der Waals surface area (Å²) in [6, 6.07) is 1.93. The molecule has 0 radical (unpaired) electrons. The number of morpholine rings is 1. The molecule has 3 rings (SSSR count). The number of amides is 2. The fraction of sp³-hybridized carbons (Fsp3) is 0.667. The highest BCUT2D eigenvalue weighted by atomic mass is 16.5. The molecule has 0 aromatic carbocycles. The van der Waals surface area contributed by atoms with E-state index in [0.29, 0.717) is 32.8 Å². The average molecular weight is 346 g/mol. The van der Waals surface area contributed by atoms with Gasteiger partial charge >= 0.3 is 0 Å². The monoisotopic (exact) mass is 346 g/mol. The Bertz CT molecular complexity index is 635. The van der Waals surface area contributed by atoms with E-state index in [0.717, 1.165) is 30.1 Å². The van der Waals surface area contributed by atoms with Crippen LogP contribution >= 0.6 is 0 Å². The predicted molar refractivity (Wildman–Crippen MR) is 91.8 cm³/mol. The summed E-state index contributed by atoms with van der Waals surface area (Å²) < 4.78 is 5.85. The zero-order valence-electron chi connectivity index (χ0n) is 15.2. The van der Waals surface area contributed by atoms with Gasteiger partial charge in [0.05, 0.1) is 18.8 Å². The van der Waals surface area contributed by atoms with E-state index >= 15 is 0 Å². The summed E-state index contributed by atoms with van der Waals surface area (Å²) >= 11 is 0. The minimum Gasteiger partial charge on any atom is -0.368 e. The molecule has 0 bridgehead atoms. The van der Waals surface area contributed by atoms with E-state index in [1.54, 1.807) is 6.92 Å². The van der Waals surface area contributed by atoms with E-state index in [2.05, 4.69) is 9.97 Å². The summed E-state index contributed by atoms with van der Waals surface area (Å²) in [6.45, 7) is 8.39. The fourth-order valence-corrected chi connectivity index (χ4v) is 3.64. The first kappa shape index (κ1) is 17.8. The third kappa shape index (κ3) is 4.15. The van der Waals surface area contributed by atoms with Crippen molar-refractivity contribution in [1.82, 2.24) is 19.8 Å². The molecule has 2 aliphatic rings. The maximum absolute atomic E-state index is 12.9. The Hall–Kier alpha value is -2.02. The molecule has 0 spiro atoms. The second-order valence-electron chi connectivity index (χ2n) is 6.91. The second-order valence-corrected chi connectivity index (χ2v) is 6.91. The molecule has 2 saturated heterocycles. The van der Waals surface area contributed by atoms with Gasteiger partial charge < -0.3 is 14.5 Å². The third-order valence-electron chi connectivity index (χ3n) is 4.98. The lowest BCUT2D eigenvalue weighted by atomic mass is 9.94. The normalized spacial score (nSPS) is 22.1. The summed E-state index contributed by atoms with van der Waals surface area (Å²) in [7, 11) is 0. The van der Waals surface area contributed by atoms with Crippen LogP contribution in [0.4, 0.5) is 0 Å². The molecular weight excluding hydrogens is 320 g/mol. The summed E-state index contributed by atoms with van der Waals surface area (Å²) in [5.74, 6) is 0.993. The van der Waals surface area contributed by atoms with Crippen LogP contribution in [0.1, 0.15) is 43.1 Å². The van der Waals surface area contributed by atoms with Crippen LogP contribution in [0.3, 0.4) is 0 Å². The van der Waals surface area contributed by atoms with Crippen molar-refractivity contribution >= 4 is 11.8 Å². The number of hydrogen-bond acceptors (Lipinski definition) is 5. The van der Waals surface area contributed by atoms with Crippen LogP contribution in [0.5, 0.6) is 0 Å². The van der Waals surface area contributed by atoms with Gasteiger partial charge in [-0.15, -0.1) is 0 Å². The lowest BCUT2D eigenvalue weighted by Gasteiger charge is -2.37. The van der Waals surface area contributed by atoms with Gasteiger partial charge in [-0.2, -0.15) is 0 Å². The topological polar surface area (TPSA) is 75.6 Å². The SMILES string of the molecule is CC(=O)N1CCC(C(=O)N2CCOC(c3cc(C)nc(C)n3)C2)CC1. The fourth-order valence-electron chi connectivity index (χ4n) is 3.64. The predicted octanol–water partition coefficient (Wildman–Crippen LogP) is 1.25. The molecule has 1 aromatic heterocycles. The van der Waals surface area contributed by atoms with Crippen LogP contribution in [-0.4, -0.2) is 64.4 Å². The smallest absolute Gasteiger partial charge is 0.225 e. The molecule has 1 unspecified atom stereocenters. The third-order valence-corrected chi connectivity index (χ3v) is 4.98. The van der Waals surface area contributed by atoms with Gasteiger partial charge in [0.2, 0.25) is 11.8 Å². The number of aryl methyl sites for hydroxylation is 2. The summed E-state index contributed by atoms with van der Waals surface area (Å²) in [4.78, 5) is 36.8. The maximum Gasteiger partial charge on any atom is 0.225 e. The van der Waals surface area contributed by atoms with E-state index < -0.39 is 0 Å². The van der Waals surface area contributed by atoms with E-state index in [4.69, 9.17) is 4.74 Å². The quantitative estimate of drug-likeness (QED) is 0.806. The molecule has 7 heteroatoms. The second kappa shape index (κ2) is 7.47. The number of nitrogens with zero attached hydrogens (tertiary/aromatic N) is 4. The number of aromatic nitrogens is 2. The van der Waals surface area contributed by atoms with Gasteiger partial charge in [-0.05, 0) is 32.8 Å². The minimum atomic E-state index is -0.199. The molecule has 136 valence electrons. The Morgan fingerprint density at radius 3 is 2.48 bits per heavy atom. The molecular formula is C18H26N4O3. The molecule has 2 fully saturated rings. The van der Waals surface area contributed by atoms with Crippen molar-refractivity contribution in [2.24, 2.45) is 5.92 Å². The molecule has 1 atom stereocenters. The van der Waals surface area contributed by atoms with Crippen molar-refractivity contribution in [2.75, 3.05) is 32.8 Å². The van der Waals surface area contributed by atoms with Gasteiger partial charge in [0.15, 0.2) is 0 Å². The first-order valence-electron chi connectivity index (χ1n) is 8.92. The van der Waals surface area contributed by atoms with Crippen molar-refractivity contribution in [2.45, 2.75) is 39.7 Å². The first-order valence-corrected chi connectivity index (χ1v) is 8.92. The van der Waals surface area contributed by atoms with Gasteiger partial charge in [0.25, 0.3) is 0 Å². The van der Waals surface area contributed by atoms with E-state index in [1.807, 2.05) is 29.7 Å². The minimum absolute atomic E-state index is 0.00298. The number of carbonyl (C=O) groups excluding carboxylic acids is 2. The standard InChI is InChI=1S/C18H26N4O3/c1-12-10-16(20-13(2)19-12)17-11-22(8-9-25-17)18(24)15-4-6-21(7-5-15)14(3)23/h10,15,17H,4-9,11H2,1-3H3. The number of ether oxygens (including phenoxy) is 1. The van der Waals surface area contributed by atoms with Gasteiger partial charge in [-0.1, -0.05) is 0 Å². The Balaban J connectivity index is 1.63. The number of rotatable bonds is 2. The molecule has 25 heavy (non-hydrogen) atoms. The van der Waals surface area contributed by atoms with Crippen LogP contribution in [0.2, 0.25) is 0 Å². The van der Waals surface area contributed by atoms with Crippen LogP contribution < -0.4 is 0 Å². The molecule has 0 N–H and O–H groups in total. The number of likely N-dealkylation sites (tertiary alicyclic amines) is 1.